The summed E-state index contributed by atoms with van der Waals surface area (Å²) in [6.07, 6.45) is 1.53. The van der Waals surface area contributed by atoms with Crippen LogP contribution in [0.3, 0.4) is 0 Å². The zero-order valence-electron chi connectivity index (χ0n) is 20.0. The Balaban J connectivity index is 1.38. The minimum Gasteiger partial charge on any atom is -0.340 e. The predicted octanol–water partition coefficient (Wildman–Crippen LogP) is 5.22. The smallest absolute Gasteiger partial charge is 0.206 e. The third-order valence-corrected chi connectivity index (χ3v) is 7.19. The fourth-order valence-corrected chi connectivity index (χ4v) is 5.17. The number of aromatic nitrogens is 2. The van der Waals surface area contributed by atoms with Gasteiger partial charge in [0.2, 0.25) is 5.95 Å². The van der Waals surface area contributed by atoms with E-state index in [1.54, 1.807) is 12.1 Å². The van der Waals surface area contributed by atoms with Crippen molar-refractivity contribution in [1.82, 2.24) is 14.5 Å². The second-order valence-electron chi connectivity index (χ2n) is 9.29. The van der Waals surface area contributed by atoms with Crippen molar-refractivity contribution in [3.05, 3.63) is 59.9 Å². The number of piperazine rings is 1. The molecule has 0 amide bonds. The van der Waals surface area contributed by atoms with E-state index in [0.717, 1.165) is 57.2 Å². The van der Waals surface area contributed by atoms with Crippen molar-refractivity contribution in [2.75, 3.05) is 37.6 Å². The van der Waals surface area contributed by atoms with Gasteiger partial charge >= 0.3 is 0 Å². The Morgan fingerprint density at radius 2 is 1.76 bits per heavy atom. The van der Waals surface area contributed by atoms with Gasteiger partial charge < -0.3 is 9.47 Å². The molecule has 0 aliphatic carbocycles. The van der Waals surface area contributed by atoms with Gasteiger partial charge in [0.25, 0.3) is 0 Å². The highest BCUT2D eigenvalue weighted by Gasteiger charge is 2.37. The van der Waals surface area contributed by atoms with Gasteiger partial charge in [-0.2, -0.15) is 5.26 Å². The van der Waals surface area contributed by atoms with Crippen molar-refractivity contribution in [2.24, 2.45) is 5.92 Å². The molecule has 3 aromatic rings. The van der Waals surface area contributed by atoms with Crippen LogP contribution in [-0.2, 0) is 12.0 Å². The average Bonchev–Trinajstić information content (AvgIpc) is 3.21. The molecule has 0 saturated carbocycles. The van der Waals surface area contributed by atoms with Crippen molar-refractivity contribution < 1.29 is 4.39 Å². The first-order valence-corrected chi connectivity index (χ1v) is 12.1. The Labute approximate surface area is 196 Å². The number of anilines is 1. The third kappa shape index (κ3) is 4.47. The standard InChI is InChI=1S/C27H34FN5/c1-4-33-25-13-8-7-12-24(25)30-26(33)32-18-16-31(17-19-32)15-9-14-27(20-29,21(2)3)22-10-5-6-11-23(22)28/h5-8,10-13,21H,4,9,14-19H2,1-3H3. The number of fused-ring (bicyclic) bond motifs is 1. The number of benzene rings is 2. The maximum atomic E-state index is 14.6. The van der Waals surface area contributed by atoms with Crippen LogP contribution >= 0.6 is 0 Å². The highest BCUT2D eigenvalue weighted by molar-refractivity contribution is 5.78. The number of imidazole rings is 1. The molecule has 1 atom stereocenters. The van der Waals surface area contributed by atoms with Gasteiger partial charge in [-0.3, -0.25) is 4.90 Å². The largest absolute Gasteiger partial charge is 0.340 e. The van der Waals surface area contributed by atoms with Crippen molar-refractivity contribution in [3.8, 4) is 6.07 Å². The van der Waals surface area contributed by atoms with Crippen molar-refractivity contribution >= 4 is 17.0 Å². The molecule has 1 aliphatic rings. The highest BCUT2D eigenvalue weighted by Crippen LogP contribution is 2.38. The fraction of sp³-hybridized carbons (Fsp3) is 0.481. The Morgan fingerprint density at radius 3 is 2.42 bits per heavy atom. The molecule has 1 fully saturated rings. The van der Waals surface area contributed by atoms with Crippen LogP contribution in [0.25, 0.3) is 11.0 Å². The van der Waals surface area contributed by atoms with Crippen LogP contribution in [0.2, 0.25) is 0 Å². The second-order valence-corrected chi connectivity index (χ2v) is 9.29. The van der Waals surface area contributed by atoms with Gasteiger partial charge in [-0.25, -0.2) is 9.37 Å². The molecule has 174 valence electrons. The molecule has 2 aromatic carbocycles. The molecule has 4 rings (SSSR count). The number of aryl methyl sites for hydroxylation is 1. The van der Waals surface area contributed by atoms with E-state index < -0.39 is 5.41 Å². The lowest BCUT2D eigenvalue weighted by Gasteiger charge is -2.36. The van der Waals surface area contributed by atoms with Crippen LogP contribution in [0.1, 0.15) is 39.2 Å². The highest BCUT2D eigenvalue weighted by atomic mass is 19.1. The summed E-state index contributed by atoms with van der Waals surface area (Å²) in [6, 6.07) is 17.6. The van der Waals surface area contributed by atoms with E-state index in [-0.39, 0.29) is 11.7 Å². The third-order valence-electron chi connectivity index (χ3n) is 7.19. The van der Waals surface area contributed by atoms with Gasteiger partial charge in [0.15, 0.2) is 0 Å². The van der Waals surface area contributed by atoms with Crippen LogP contribution in [0.5, 0.6) is 0 Å². The van der Waals surface area contributed by atoms with Gasteiger partial charge in [-0.05, 0) is 50.4 Å². The maximum Gasteiger partial charge on any atom is 0.206 e. The number of rotatable bonds is 8. The zero-order valence-corrected chi connectivity index (χ0v) is 20.0. The lowest BCUT2D eigenvalue weighted by molar-refractivity contribution is 0.236. The van der Waals surface area contributed by atoms with E-state index >= 15 is 0 Å². The topological polar surface area (TPSA) is 48.1 Å². The number of hydrogen-bond acceptors (Lipinski definition) is 4. The average molecular weight is 448 g/mol. The van der Waals surface area contributed by atoms with Gasteiger partial charge in [0.1, 0.15) is 5.82 Å². The SMILES string of the molecule is CCn1c(N2CCN(CCCC(C#N)(c3ccccc3F)C(C)C)CC2)nc2ccccc21. The molecule has 33 heavy (non-hydrogen) atoms. The van der Waals surface area contributed by atoms with Gasteiger partial charge in [-0.1, -0.05) is 44.2 Å². The van der Waals surface area contributed by atoms with E-state index in [1.165, 1.54) is 11.6 Å². The van der Waals surface area contributed by atoms with Crippen LogP contribution < -0.4 is 4.90 Å². The first-order chi connectivity index (χ1) is 16.0. The molecule has 0 radical (unpaired) electrons. The molecule has 5 nitrogen and oxygen atoms in total. The number of nitriles is 1. The summed E-state index contributed by atoms with van der Waals surface area (Å²) in [7, 11) is 0. The Hall–Kier alpha value is -2.91. The summed E-state index contributed by atoms with van der Waals surface area (Å²) in [5.41, 5.74) is 1.98. The lowest BCUT2D eigenvalue weighted by Crippen LogP contribution is -2.47. The maximum absolute atomic E-state index is 14.6. The van der Waals surface area contributed by atoms with E-state index in [2.05, 4.69) is 45.6 Å². The summed E-state index contributed by atoms with van der Waals surface area (Å²) in [6.45, 7) is 11.8. The Kier molecular flexibility index (Phi) is 6.99. The van der Waals surface area contributed by atoms with Crippen molar-refractivity contribution in [3.63, 3.8) is 0 Å². The molecule has 1 unspecified atom stereocenters. The van der Waals surface area contributed by atoms with Crippen LogP contribution in [0.15, 0.2) is 48.5 Å². The Morgan fingerprint density at radius 1 is 1.06 bits per heavy atom. The minimum absolute atomic E-state index is 0.0401. The molecule has 0 N–H and O–H groups in total. The van der Waals surface area contributed by atoms with Gasteiger partial charge in [0.05, 0.1) is 22.5 Å². The number of halogens is 1. The minimum atomic E-state index is -0.793. The lowest BCUT2D eigenvalue weighted by atomic mass is 9.69. The van der Waals surface area contributed by atoms with Crippen molar-refractivity contribution in [1.29, 1.82) is 5.26 Å². The Bertz CT molecular complexity index is 1120. The molecule has 6 heteroatoms. The van der Waals surface area contributed by atoms with Crippen LogP contribution in [0.4, 0.5) is 10.3 Å². The first kappa shape index (κ1) is 23.3. The molecule has 0 spiro atoms. The van der Waals surface area contributed by atoms with Gasteiger partial charge in [-0.15, -0.1) is 0 Å². The monoisotopic (exact) mass is 447 g/mol. The molecule has 2 heterocycles. The number of nitrogens with zero attached hydrogens (tertiary/aromatic N) is 5. The molecule has 1 saturated heterocycles. The summed E-state index contributed by atoms with van der Waals surface area (Å²) >= 11 is 0. The van der Waals surface area contributed by atoms with Crippen LogP contribution in [0, 0.1) is 23.1 Å². The summed E-state index contributed by atoms with van der Waals surface area (Å²) in [4.78, 5) is 9.74. The molecule has 1 aromatic heterocycles. The first-order valence-electron chi connectivity index (χ1n) is 12.1. The molecular formula is C27H34FN5. The van der Waals surface area contributed by atoms with Gasteiger partial charge in [0, 0.05) is 38.3 Å². The normalized spacial score (nSPS) is 16.8. The predicted molar refractivity (Wildman–Crippen MR) is 132 cm³/mol. The van der Waals surface area contributed by atoms with E-state index in [4.69, 9.17) is 4.98 Å². The fourth-order valence-electron chi connectivity index (χ4n) is 5.17. The summed E-state index contributed by atoms with van der Waals surface area (Å²) in [5, 5.41) is 10.1. The van der Waals surface area contributed by atoms with Crippen molar-refractivity contribution in [2.45, 2.75) is 45.6 Å². The molecule has 0 bridgehead atoms. The molecule has 1 aliphatic heterocycles. The van der Waals surface area contributed by atoms with E-state index in [9.17, 15) is 9.65 Å². The molecular weight excluding hydrogens is 413 g/mol. The number of hydrogen-bond donors (Lipinski definition) is 0. The number of para-hydroxylation sites is 2. The quantitative estimate of drug-likeness (QED) is 0.475. The van der Waals surface area contributed by atoms with E-state index in [1.807, 2.05) is 26.0 Å². The van der Waals surface area contributed by atoms with E-state index in [0.29, 0.717) is 12.0 Å². The summed E-state index contributed by atoms with van der Waals surface area (Å²) in [5.74, 6) is 0.819. The summed E-state index contributed by atoms with van der Waals surface area (Å²) < 4.78 is 16.9. The van der Waals surface area contributed by atoms with Crippen LogP contribution in [-0.4, -0.2) is 47.2 Å². The zero-order chi connectivity index (χ0) is 23.4. The second kappa shape index (κ2) is 9.93.